The molecule has 0 unspecified atom stereocenters. The number of aliphatic hydroxyl groups is 1. The molecule has 1 aromatic carbocycles. The van der Waals surface area contributed by atoms with Gasteiger partial charge in [0.15, 0.2) is 0 Å². The molecule has 0 radical (unpaired) electrons. The molecule has 1 aliphatic rings. The molecule has 27 heavy (non-hydrogen) atoms. The van der Waals surface area contributed by atoms with E-state index in [1.807, 2.05) is 53.9 Å². The van der Waals surface area contributed by atoms with Crippen LogP contribution in [0.3, 0.4) is 0 Å². The number of methoxy groups -OCH3 is 1. The lowest BCUT2D eigenvalue weighted by Gasteiger charge is -2.35. The van der Waals surface area contributed by atoms with E-state index >= 15 is 0 Å². The second-order valence-corrected chi connectivity index (χ2v) is 10.2. The monoisotopic (exact) mass is 410 g/mol. The lowest BCUT2D eigenvalue weighted by Crippen LogP contribution is -2.38. The summed E-state index contributed by atoms with van der Waals surface area (Å²) in [5.74, 6) is 4.00. The molecule has 3 nitrogen and oxygen atoms in total. The number of thioether (sulfide) groups is 2. The molecule has 1 saturated heterocycles. The first-order chi connectivity index (χ1) is 13.0. The van der Waals surface area contributed by atoms with Crippen LogP contribution in [0.1, 0.15) is 32.3 Å². The number of ether oxygens (including phenoxy) is 2. The first-order valence-electron chi connectivity index (χ1n) is 9.79. The molecule has 1 N–H and O–H groups in total. The minimum absolute atomic E-state index is 0.144. The first-order valence-corrected chi connectivity index (χ1v) is 11.9. The molecule has 1 aromatic rings. The second-order valence-electron chi connectivity index (χ2n) is 7.41. The van der Waals surface area contributed by atoms with Crippen LogP contribution >= 0.6 is 23.5 Å². The van der Waals surface area contributed by atoms with Gasteiger partial charge in [0.1, 0.15) is 5.75 Å². The van der Waals surface area contributed by atoms with Gasteiger partial charge in [0.2, 0.25) is 0 Å². The third-order valence-corrected chi connectivity index (χ3v) is 8.33. The Labute approximate surface area is 173 Å². The number of rotatable bonds is 11. The summed E-state index contributed by atoms with van der Waals surface area (Å²) >= 11 is 3.96. The van der Waals surface area contributed by atoms with Crippen LogP contribution < -0.4 is 4.74 Å². The molecule has 1 fully saturated rings. The average Bonchev–Trinajstić information content (AvgIpc) is 2.71. The van der Waals surface area contributed by atoms with Gasteiger partial charge in [0.05, 0.1) is 31.0 Å². The maximum absolute atomic E-state index is 11.1. The maximum Gasteiger partial charge on any atom is 0.118 e. The van der Waals surface area contributed by atoms with E-state index in [1.54, 1.807) is 7.11 Å². The molecular formula is C22H34O3S2. The minimum atomic E-state index is -0.355. The maximum atomic E-state index is 11.1. The third kappa shape index (κ3) is 7.37. The Morgan fingerprint density at radius 2 is 1.89 bits per heavy atom. The topological polar surface area (TPSA) is 38.7 Å². The number of allylic oxidation sites excluding steroid dienone is 1. The fourth-order valence-electron chi connectivity index (χ4n) is 3.37. The van der Waals surface area contributed by atoms with Crippen molar-refractivity contribution in [1.82, 2.24) is 0 Å². The van der Waals surface area contributed by atoms with Crippen LogP contribution in [-0.4, -0.2) is 41.0 Å². The van der Waals surface area contributed by atoms with Gasteiger partial charge in [0.25, 0.3) is 0 Å². The summed E-state index contributed by atoms with van der Waals surface area (Å²) < 4.78 is 11.7. The van der Waals surface area contributed by atoms with E-state index in [9.17, 15) is 5.11 Å². The van der Waals surface area contributed by atoms with Crippen LogP contribution in [0.25, 0.3) is 0 Å². The van der Waals surface area contributed by atoms with E-state index < -0.39 is 0 Å². The van der Waals surface area contributed by atoms with E-state index in [2.05, 4.69) is 20.4 Å². The molecular weight excluding hydrogens is 376 g/mol. The van der Waals surface area contributed by atoms with Crippen molar-refractivity contribution in [2.75, 3.05) is 25.2 Å². The Kier molecular flexibility index (Phi) is 10.1. The van der Waals surface area contributed by atoms with E-state index in [-0.39, 0.29) is 17.9 Å². The van der Waals surface area contributed by atoms with E-state index in [0.717, 1.165) is 17.7 Å². The lowest BCUT2D eigenvalue weighted by atomic mass is 9.87. The summed E-state index contributed by atoms with van der Waals surface area (Å²) in [7, 11) is 1.67. The third-order valence-electron chi connectivity index (χ3n) is 5.11. The molecule has 0 amide bonds. The lowest BCUT2D eigenvalue weighted by molar-refractivity contribution is -0.000650. The van der Waals surface area contributed by atoms with Crippen LogP contribution in [0.15, 0.2) is 36.9 Å². The van der Waals surface area contributed by atoms with Crippen molar-refractivity contribution in [3.8, 4) is 5.75 Å². The van der Waals surface area contributed by atoms with Crippen LogP contribution in [0.4, 0.5) is 0 Å². The van der Waals surface area contributed by atoms with Gasteiger partial charge in [-0.15, -0.1) is 30.1 Å². The predicted octanol–water partition coefficient (Wildman–Crippen LogP) is 5.23. The highest BCUT2D eigenvalue weighted by Crippen LogP contribution is 2.39. The molecule has 0 aliphatic carbocycles. The second kappa shape index (κ2) is 12.1. The summed E-state index contributed by atoms with van der Waals surface area (Å²) in [6, 6.07) is 7.97. The fourth-order valence-corrected chi connectivity index (χ4v) is 6.58. The van der Waals surface area contributed by atoms with Crippen molar-refractivity contribution in [3.05, 3.63) is 42.5 Å². The number of aliphatic hydroxyl groups excluding tert-OH is 1. The van der Waals surface area contributed by atoms with Gasteiger partial charge in [-0.1, -0.05) is 32.1 Å². The zero-order valence-electron chi connectivity index (χ0n) is 16.8. The van der Waals surface area contributed by atoms with Gasteiger partial charge in [-0.25, -0.2) is 0 Å². The van der Waals surface area contributed by atoms with Gasteiger partial charge in [-0.2, -0.15) is 0 Å². The van der Waals surface area contributed by atoms with Gasteiger partial charge in [-0.05, 0) is 53.9 Å². The number of benzene rings is 1. The zero-order valence-corrected chi connectivity index (χ0v) is 18.4. The molecule has 2 rings (SSSR count). The fraction of sp³-hybridized carbons (Fsp3) is 0.636. The Morgan fingerprint density at radius 3 is 2.48 bits per heavy atom. The van der Waals surface area contributed by atoms with Crippen molar-refractivity contribution in [3.63, 3.8) is 0 Å². The van der Waals surface area contributed by atoms with Gasteiger partial charge < -0.3 is 14.6 Å². The van der Waals surface area contributed by atoms with Crippen molar-refractivity contribution >= 4 is 23.5 Å². The summed E-state index contributed by atoms with van der Waals surface area (Å²) in [6.45, 7) is 9.34. The smallest absolute Gasteiger partial charge is 0.118 e. The summed E-state index contributed by atoms with van der Waals surface area (Å²) in [6.07, 6.45) is 3.83. The summed E-state index contributed by atoms with van der Waals surface area (Å²) in [4.78, 5) is 0. The molecule has 1 aliphatic heterocycles. The van der Waals surface area contributed by atoms with E-state index in [0.29, 0.717) is 23.7 Å². The highest BCUT2D eigenvalue weighted by Gasteiger charge is 2.34. The quantitative estimate of drug-likeness (QED) is 0.506. The minimum Gasteiger partial charge on any atom is -0.497 e. The molecule has 0 aromatic heterocycles. The highest BCUT2D eigenvalue weighted by molar-refractivity contribution is 8.17. The Bertz CT molecular complexity index is 543. The molecule has 5 heteroatoms. The van der Waals surface area contributed by atoms with Gasteiger partial charge >= 0.3 is 0 Å². The summed E-state index contributed by atoms with van der Waals surface area (Å²) in [5, 5.41) is 11.1. The normalized spacial score (nSPS) is 19.9. The Balaban J connectivity index is 1.95. The first kappa shape index (κ1) is 22.7. The van der Waals surface area contributed by atoms with Crippen LogP contribution in [0.2, 0.25) is 0 Å². The Morgan fingerprint density at radius 1 is 1.22 bits per heavy atom. The molecule has 0 spiro atoms. The Hall–Kier alpha value is -0.620. The molecule has 0 bridgehead atoms. The van der Waals surface area contributed by atoms with E-state index in [4.69, 9.17) is 9.47 Å². The highest BCUT2D eigenvalue weighted by atomic mass is 32.2. The number of hydrogen-bond acceptors (Lipinski definition) is 5. The molecule has 152 valence electrons. The van der Waals surface area contributed by atoms with Crippen LogP contribution in [0.5, 0.6) is 5.75 Å². The average molecular weight is 411 g/mol. The van der Waals surface area contributed by atoms with Crippen LogP contribution in [-0.2, 0) is 11.3 Å². The molecule has 0 saturated carbocycles. The van der Waals surface area contributed by atoms with E-state index in [1.165, 1.54) is 17.9 Å². The van der Waals surface area contributed by atoms with Crippen molar-refractivity contribution in [2.24, 2.45) is 17.8 Å². The van der Waals surface area contributed by atoms with Crippen molar-refractivity contribution < 1.29 is 14.6 Å². The van der Waals surface area contributed by atoms with Gasteiger partial charge in [0, 0.05) is 5.92 Å². The number of hydrogen-bond donors (Lipinski definition) is 1. The van der Waals surface area contributed by atoms with Crippen molar-refractivity contribution in [2.45, 2.75) is 44.0 Å². The molecule has 4 atom stereocenters. The largest absolute Gasteiger partial charge is 0.497 e. The summed E-state index contributed by atoms with van der Waals surface area (Å²) in [5.41, 5.74) is 1.13. The standard InChI is InChI=1S/C22H34O3S2/c1-5-16(2)13-17(3)21(23)20(22-26-11-6-12-27-22)15-25-14-18-7-9-19(24-4)10-8-18/h5,7-10,16-17,20-23H,1,6,11-15H2,2-4H3/t16-,17-,20+,21-/m1/s1. The molecule has 1 heterocycles. The van der Waals surface area contributed by atoms with Crippen LogP contribution in [0, 0.1) is 17.8 Å². The SMILES string of the molecule is C=C[C@@H](C)C[C@@H](C)[C@@H](O)[C@H](COCc1ccc(OC)cc1)C1SCCCS1. The van der Waals surface area contributed by atoms with Gasteiger partial charge in [-0.3, -0.25) is 0 Å². The predicted molar refractivity (Wildman–Crippen MR) is 119 cm³/mol. The van der Waals surface area contributed by atoms with Crippen molar-refractivity contribution in [1.29, 1.82) is 0 Å². The zero-order chi connectivity index (χ0) is 19.6.